The van der Waals surface area contributed by atoms with Crippen LogP contribution in [0.25, 0.3) is 0 Å². The van der Waals surface area contributed by atoms with Crippen LogP contribution in [0.3, 0.4) is 0 Å². The van der Waals surface area contributed by atoms with Gasteiger partial charge in [-0.1, -0.05) is 46.3 Å². The van der Waals surface area contributed by atoms with Gasteiger partial charge in [0.1, 0.15) is 5.82 Å². The lowest BCUT2D eigenvalue weighted by Crippen LogP contribution is -2.31. The van der Waals surface area contributed by atoms with Gasteiger partial charge < -0.3 is 5.32 Å². The average Bonchev–Trinajstić information content (AvgIpc) is 3.10. The number of nitrogens with one attached hydrogen (secondary N) is 1. The maximum Gasteiger partial charge on any atom is 0.282 e. The van der Waals surface area contributed by atoms with Gasteiger partial charge in [-0.05, 0) is 48.2 Å². The number of rotatable bonds is 4. The Balaban J connectivity index is 1.55. The summed E-state index contributed by atoms with van der Waals surface area (Å²) in [4.78, 5) is 11.8. The predicted octanol–water partition coefficient (Wildman–Crippen LogP) is 7.54. The number of nitrogens with zero attached hydrogens (tertiary/aromatic N) is 1. The number of alkyl halides is 1. The minimum absolute atomic E-state index is 0.00436. The molecule has 1 saturated carbocycles. The molecule has 3 aromatic carbocycles. The summed E-state index contributed by atoms with van der Waals surface area (Å²) >= 11 is 12.1. The molecule has 0 spiro atoms. The third-order valence-electron chi connectivity index (χ3n) is 6.36. The van der Waals surface area contributed by atoms with Gasteiger partial charge >= 0.3 is 0 Å². The maximum absolute atomic E-state index is 14.8. The molecular formula is C24H19BrClFN2O2S. The van der Waals surface area contributed by atoms with Gasteiger partial charge in [-0.2, -0.15) is 0 Å². The summed E-state index contributed by atoms with van der Waals surface area (Å²) in [6.07, 6.45) is 0.716. The summed E-state index contributed by atoms with van der Waals surface area (Å²) < 4.78 is 15.8. The van der Waals surface area contributed by atoms with Crippen LogP contribution >= 0.6 is 39.3 Å². The second kappa shape index (κ2) is 8.69. The molecule has 0 saturated heterocycles. The Morgan fingerprint density at radius 1 is 1.09 bits per heavy atom. The molecule has 1 N–H and O–H groups in total. The van der Waals surface area contributed by atoms with E-state index >= 15 is 0 Å². The fourth-order valence-corrected chi connectivity index (χ4v) is 7.32. The first-order valence-electron chi connectivity index (χ1n) is 10.3. The summed E-state index contributed by atoms with van der Waals surface area (Å²) in [5.74, 6) is -0.197. The molecular weight excluding hydrogens is 515 g/mol. The summed E-state index contributed by atoms with van der Waals surface area (Å²) in [5.41, 5.74) is 2.76. The normalized spacial score (nSPS) is 26.2. The molecule has 32 heavy (non-hydrogen) atoms. The molecule has 0 aromatic heterocycles. The zero-order chi connectivity index (χ0) is 22.4. The van der Waals surface area contributed by atoms with E-state index in [9.17, 15) is 14.5 Å². The first kappa shape index (κ1) is 21.7. The van der Waals surface area contributed by atoms with Crippen LogP contribution in [0.4, 0.5) is 15.8 Å². The van der Waals surface area contributed by atoms with Crippen molar-refractivity contribution < 1.29 is 9.31 Å². The number of hydrogen-bond acceptors (Lipinski definition) is 4. The van der Waals surface area contributed by atoms with Crippen molar-refractivity contribution in [3.05, 3.63) is 98.3 Å². The van der Waals surface area contributed by atoms with Crippen molar-refractivity contribution >= 4 is 50.7 Å². The first-order chi connectivity index (χ1) is 15.4. The Morgan fingerprint density at radius 2 is 1.84 bits per heavy atom. The number of nitro benzene ring substituents is 1. The molecule has 4 nitrogen and oxygen atoms in total. The lowest BCUT2D eigenvalue weighted by atomic mass is 9.77. The number of thioether (sulfide) groups is 1. The summed E-state index contributed by atoms with van der Waals surface area (Å²) in [6, 6.07) is 19.4. The molecule has 5 atom stereocenters. The molecule has 1 aliphatic heterocycles. The van der Waals surface area contributed by atoms with E-state index in [-0.39, 0.29) is 44.9 Å². The second-order valence-electron chi connectivity index (χ2n) is 8.13. The van der Waals surface area contributed by atoms with Crippen molar-refractivity contribution in [3.8, 4) is 0 Å². The summed E-state index contributed by atoms with van der Waals surface area (Å²) in [7, 11) is 0. The van der Waals surface area contributed by atoms with Crippen molar-refractivity contribution in [1.29, 1.82) is 0 Å². The van der Waals surface area contributed by atoms with Crippen LogP contribution in [0, 0.1) is 21.8 Å². The molecule has 0 bridgehead atoms. The highest BCUT2D eigenvalue weighted by molar-refractivity contribution is 9.10. The van der Waals surface area contributed by atoms with Gasteiger partial charge in [-0.15, -0.1) is 23.4 Å². The number of halogens is 3. The van der Waals surface area contributed by atoms with E-state index in [1.807, 2.05) is 24.3 Å². The third-order valence-corrected chi connectivity index (χ3v) is 8.96. The van der Waals surface area contributed by atoms with Gasteiger partial charge in [0.2, 0.25) is 0 Å². The van der Waals surface area contributed by atoms with Crippen LogP contribution in [0.15, 0.2) is 76.1 Å². The highest BCUT2D eigenvalue weighted by Crippen LogP contribution is 2.58. The zero-order valence-corrected chi connectivity index (χ0v) is 19.9. The number of hydrogen-bond donors (Lipinski definition) is 1. The smallest absolute Gasteiger partial charge is 0.282 e. The minimum atomic E-state index is -0.357. The van der Waals surface area contributed by atoms with Crippen molar-refractivity contribution in [3.63, 3.8) is 0 Å². The minimum Gasteiger partial charge on any atom is -0.378 e. The maximum atomic E-state index is 14.8. The number of anilines is 1. The van der Waals surface area contributed by atoms with Crippen molar-refractivity contribution in [2.45, 2.75) is 33.9 Å². The third kappa shape index (κ3) is 3.80. The van der Waals surface area contributed by atoms with Gasteiger partial charge in [0, 0.05) is 33.0 Å². The van der Waals surface area contributed by atoms with Crippen molar-refractivity contribution in [2.24, 2.45) is 5.92 Å². The summed E-state index contributed by atoms with van der Waals surface area (Å²) in [6.45, 7) is 0. The molecule has 164 valence electrons. The Kier molecular flexibility index (Phi) is 5.90. The van der Waals surface area contributed by atoms with Gasteiger partial charge in [0.05, 0.1) is 21.2 Å². The fourth-order valence-electron chi connectivity index (χ4n) is 4.99. The standard InChI is InChI=1S/C24H19BrClFN2O2S/c25-13-9-10-18-15(11-13)22-16(24(28-18)14-5-1-2-6-17(14)27)12-21(23(22)26)32-20-8-4-3-7-19(20)29(30)31/h1-11,16,21-24,28H,12H2/t16-,21+,22-,23+,24-/m1/s1. The van der Waals surface area contributed by atoms with E-state index in [0.717, 1.165) is 15.7 Å². The number of fused-ring (bicyclic) bond motifs is 3. The van der Waals surface area contributed by atoms with E-state index in [1.54, 1.807) is 24.3 Å². The van der Waals surface area contributed by atoms with E-state index < -0.39 is 0 Å². The van der Waals surface area contributed by atoms with E-state index in [4.69, 9.17) is 11.6 Å². The SMILES string of the molecule is O=[N+]([O-])c1ccccc1S[C@H]1C[C@@H]2[C@@H](c3cc(Br)ccc3N[C@@H]2c2ccccc2F)[C@H]1Cl. The Labute approximate surface area is 202 Å². The molecule has 0 radical (unpaired) electrons. The largest absolute Gasteiger partial charge is 0.378 e. The summed E-state index contributed by atoms with van der Waals surface area (Å²) in [5, 5.41) is 14.8. The number of nitro groups is 1. The van der Waals surface area contributed by atoms with E-state index in [1.165, 1.54) is 23.9 Å². The topological polar surface area (TPSA) is 55.2 Å². The Bertz CT molecular complexity index is 1200. The number of para-hydroxylation sites is 1. The zero-order valence-electron chi connectivity index (χ0n) is 16.8. The first-order valence-corrected chi connectivity index (χ1v) is 12.4. The average molecular weight is 534 g/mol. The second-order valence-corrected chi connectivity index (χ2v) is 10.8. The molecule has 1 aliphatic carbocycles. The molecule has 8 heteroatoms. The number of benzene rings is 3. The molecule has 1 fully saturated rings. The van der Waals surface area contributed by atoms with Gasteiger partial charge in [0.15, 0.2) is 0 Å². The van der Waals surface area contributed by atoms with Crippen LogP contribution in [0.2, 0.25) is 0 Å². The lowest BCUT2D eigenvalue weighted by Gasteiger charge is -2.38. The lowest BCUT2D eigenvalue weighted by molar-refractivity contribution is -0.387. The van der Waals surface area contributed by atoms with E-state index in [2.05, 4.69) is 27.3 Å². The molecule has 2 aliphatic rings. The Morgan fingerprint density at radius 3 is 2.62 bits per heavy atom. The molecule has 3 aromatic rings. The fraction of sp³-hybridized carbons (Fsp3) is 0.250. The molecule has 5 rings (SSSR count). The Hall–Kier alpha value is -2.09. The van der Waals surface area contributed by atoms with Crippen LogP contribution in [-0.4, -0.2) is 15.6 Å². The molecule has 0 unspecified atom stereocenters. The van der Waals surface area contributed by atoms with Crippen LogP contribution in [-0.2, 0) is 0 Å². The molecule has 1 heterocycles. The van der Waals surface area contributed by atoms with Crippen LogP contribution in [0.5, 0.6) is 0 Å². The van der Waals surface area contributed by atoms with Crippen molar-refractivity contribution in [2.75, 3.05) is 5.32 Å². The highest BCUT2D eigenvalue weighted by atomic mass is 79.9. The quantitative estimate of drug-likeness (QED) is 0.214. The van der Waals surface area contributed by atoms with Gasteiger partial charge in [-0.25, -0.2) is 4.39 Å². The molecule has 0 amide bonds. The van der Waals surface area contributed by atoms with Gasteiger partial charge in [-0.3, -0.25) is 10.1 Å². The van der Waals surface area contributed by atoms with Crippen molar-refractivity contribution in [1.82, 2.24) is 0 Å². The van der Waals surface area contributed by atoms with Gasteiger partial charge in [0.25, 0.3) is 5.69 Å². The predicted molar refractivity (Wildman–Crippen MR) is 130 cm³/mol. The van der Waals surface area contributed by atoms with Crippen LogP contribution in [0.1, 0.15) is 29.5 Å². The van der Waals surface area contributed by atoms with E-state index in [0.29, 0.717) is 16.9 Å². The highest BCUT2D eigenvalue weighted by Gasteiger charge is 2.50. The monoisotopic (exact) mass is 532 g/mol. The van der Waals surface area contributed by atoms with Crippen LogP contribution < -0.4 is 5.32 Å².